The summed E-state index contributed by atoms with van der Waals surface area (Å²) in [6, 6.07) is 7.31. The summed E-state index contributed by atoms with van der Waals surface area (Å²) in [5, 5.41) is 21.0. The van der Waals surface area contributed by atoms with Crippen LogP contribution in [0, 0.1) is 0 Å². The highest BCUT2D eigenvalue weighted by Crippen LogP contribution is 2.29. The fourth-order valence-corrected chi connectivity index (χ4v) is 3.68. The van der Waals surface area contributed by atoms with Gasteiger partial charge in [0.05, 0.1) is 23.8 Å². The summed E-state index contributed by atoms with van der Waals surface area (Å²) in [7, 11) is -3.80. The van der Waals surface area contributed by atoms with Crippen molar-refractivity contribution in [3.63, 3.8) is 0 Å². The molecule has 2 heterocycles. The first kappa shape index (κ1) is 19.0. The number of amides is 1. The first-order valence-electron chi connectivity index (χ1n) is 8.08. The number of rotatable bonds is 6. The van der Waals surface area contributed by atoms with Crippen LogP contribution < -0.4 is 5.48 Å². The second-order valence-electron chi connectivity index (χ2n) is 6.48. The Kier molecular flexibility index (Phi) is 4.98. The lowest BCUT2D eigenvalue weighted by atomic mass is 9.96. The number of carbonyl (C=O) groups is 1. The van der Waals surface area contributed by atoms with E-state index < -0.39 is 26.6 Å². The van der Waals surface area contributed by atoms with Crippen LogP contribution in [0.3, 0.4) is 0 Å². The Balaban J connectivity index is 1.72. The smallest absolute Gasteiger partial charge is 0.264 e. The van der Waals surface area contributed by atoms with Gasteiger partial charge in [-0.25, -0.2) is 13.9 Å². The van der Waals surface area contributed by atoms with E-state index >= 15 is 0 Å². The van der Waals surface area contributed by atoms with Gasteiger partial charge < -0.3 is 4.84 Å². The van der Waals surface area contributed by atoms with E-state index in [0.29, 0.717) is 12.1 Å². The predicted molar refractivity (Wildman–Crippen MR) is 95.2 cm³/mol. The van der Waals surface area contributed by atoms with Gasteiger partial charge in [0, 0.05) is 19.1 Å². The third-order valence-electron chi connectivity index (χ3n) is 4.60. The number of hydrogen-bond donors (Lipinski definition) is 2. The van der Waals surface area contributed by atoms with Gasteiger partial charge in [0.2, 0.25) is 0 Å². The summed E-state index contributed by atoms with van der Waals surface area (Å²) in [6.07, 6.45) is 3.69. The molecule has 1 aromatic carbocycles. The number of carbonyl (C=O) groups excluding carboxylic acids is 1. The number of aromatic nitrogens is 3. The Morgan fingerprint density at radius 3 is 2.52 bits per heavy atom. The van der Waals surface area contributed by atoms with Crippen LogP contribution in [0.2, 0.25) is 0 Å². The molecule has 0 radical (unpaired) electrons. The second-order valence-corrected chi connectivity index (χ2v) is 8.93. The van der Waals surface area contributed by atoms with Crippen LogP contribution in [0.4, 0.5) is 0 Å². The molecule has 0 saturated heterocycles. The molecule has 0 aliphatic carbocycles. The average Bonchev–Trinajstić information content (AvgIpc) is 3.32. The lowest BCUT2D eigenvalue weighted by Crippen LogP contribution is -2.51. The van der Waals surface area contributed by atoms with E-state index in [9.17, 15) is 13.2 Å². The van der Waals surface area contributed by atoms with Crippen molar-refractivity contribution in [2.75, 3.05) is 6.26 Å². The van der Waals surface area contributed by atoms with E-state index in [4.69, 9.17) is 10.0 Å². The second kappa shape index (κ2) is 7.08. The summed E-state index contributed by atoms with van der Waals surface area (Å²) < 4.78 is 22.3. The van der Waals surface area contributed by atoms with Crippen LogP contribution in [-0.2, 0) is 19.5 Å². The van der Waals surface area contributed by atoms with Crippen molar-refractivity contribution in [1.82, 2.24) is 20.5 Å². The zero-order valence-corrected chi connectivity index (χ0v) is 15.5. The highest BCUT2D eigenvalue weighted by molar-refractivity contribution is 7.92. The predicted octanol–water partition coefficient (Wildman–Crippen LogP) is 0.459. The van der Waals surface area contributed by atoms with E-state index in [1.54, 1.807) is 12.4 Å². The van der Waals surface area contributed by atoms with Gasteiger partial charge >= 0.3 is 0 Å². The van der Waals surface area contributed by atoms with Crippen molar-refractivity contribution in [2.24, 2.45) is 5.16 Å². The Morgan fingerprint density at radius 2 is 1.96 bits per heavy atom. The number of oxime groups is 1. The minimum atomic E-state index is -3.80. The summed E-state index contributed by atoms with van der Waals surface area (Å²) >= 11 is 0. The average molecular weight is 393 g/mol. The molecule has 27 heavy (non-hydrogen) atoms. The van der Waals surface area contributed by atoms with Crippen LogP contribution in [-0.4, -0.2) is 57.3 Å². The lowest BCUT2D eigenvalue weighted by Gasteiger charge is -2.26. The van der Waals surface area contributed by atoms with Crippen molar-refractivity contribution in [1.29, 1.82) is 0 Å². The molecule has 1 aliphatic rings. The molecule has 0 bridgehead atoms. The van der Waals surface area contributed by atoms with Gasteiger partial charge in [0.15, 0.2) is 14.6 Å². The maximum atomic E-state index is 12.1. The fourth-order valence-electron chi connectivity index (χ4n) is 2.81. The number of hydroxylamine groups is 1. The molecule has 0 fully saturated rings. The number of nitrogens with one attached hydrogen (secondary N) is 1. The third-order valence-corrected chi connectivity index (χ3v) is 6.59. The van der Waals surface area contributed by atoms with Crippen LogP contribution in [0.25, 0.3) is 5.69 Å². The highest BCUT2D eigenvalue weighted by Gasteiger charge is 2.47. The molecule has 2 N–H and O–H groups in total. The van der Waals surface area contributed by atoms with Crippen molar-refractivity contribution < 1.29 is 23.3 Å². The third kappa shape index (κ3) is 3.69. The largest absolute Gasteiger partial charge is 0.392 e. The summed E-state index contributed by atoms with van der Waals surface area (Å²) in [5.41, 5.74) is 3.65. The van der Waals surface area contributed by atoms with Gasteiger partial charge in [-0.2, -0.15) is 15.0 Å². The van der Waals surface area contributed by atoms with Crippen molar-refractivity contribution in [3.05, 3.63) is 42.2 Å². The van der Waals surface area contributed by atoms with Gasteiger partial charge in [0.1, 0.15) is 6.10 Å². The van der Waals surface area contributed by atoms with E-state index in [2.05, 4.69) is 15.4 Å². The molecule has 2 aromatic rings. The summed E-state index contributed by atoms with van der Waals surface area (Å²) in [4.78, 5) is 18.7. The van der Waals surface area contributed by atoms with Crippen LogP contribution in [0.1, 0.15) is 25.3 Å². The molecular weight excluding hydrogens is 374 g/mol. The normalized spacial score (nSPS) is 19.1. The van der Waals surface area contributed by atoms with E-state index in [1.807, 2.05) is 24.3 Å². The Bertz CT molecular complexity index is 956. The minimum Gasteiger partial charge on any atom is -0.392 e. The molecule has 10 nitrogen and oxygen atoms in total. The molecule has 1 aliphatic heterocycles. The number of hydrogen-bond acceptors (Lipinski definition) is 8. The molecular formula is C16H19N5O5S. The topological polar surface area (TPSA) is 136 Å². The molecule has 1 amide bonds. The van der Waals surface area contributed by atoms with Crippen molar-refractivity contribution >= 4 is 21.5 Å². The van der Waals surface area contributed by atoms with Gasteiger partial charge in [-0.3, -0.25) is 10.0 Å². The zero-order chi connectivity index (χ0) is 19.7. The molecule has 1 aromatic heterocycles. The Labute approximate surface area is 155 Å². The summed E-state index contributed by atoms with van der Waals surface area (Å²) in [5.74, 6) is -1.00. The first-order valence-corrected chi connectivity index (χ1v) is 9.98. The van der Waals surface area contributed by atoms with Gasteiger partial charge in [0.25, 0.3) is 5.91 Å². The molecule has 144 valence electrons. The maximum absolute atomic E-state index is 12.1. The SMILES string of the molecule is CC(CC1CC(c2ccc(-n3nccn3)cc2)=NO1)(C(=O)NO)S(C)(=O)=O. The standard InChI is InChI=1S/C16H19N5O5S/c1-16(15(22)19-23,27(2,24)25)10-13-9-14(20-26-13)11-3-5-12(6-4-11)21-17-7-8-18-21/h3-8,13,23H,9-10H2,1-2H3,(H,19,22). The molecule has 3 rings (SSSR count). The molecule has 0 spiro atoms. The number of sulfone groups is 1. The van der Waals surface area contributed by atoms with Crippen LogP contribution in [0.15, 0.2) is 41.8 Å². The van der Waals surface area contributed by atoms with Crippen molar-refractivity contribution in [2.45, 2.75) is 30.6 Å². The maximum Gasteiger partial charge on any atom is 0.264 e. The summed E-state index contributed by atoms with van der Waals surface area (Å²) in [6.45, 7) is 1.25. The Morgan fingerprint density at radius 1 is 1.33 bits per heavy atom. The van der Waals surface area contributed by atoms with Gasteiger partial charge in [-0.15, -0.1) is 0 Å². The lowest BCUT2D eigenvalue weighted by molar-refractivity contribution is -0.132. The zero-order valence-electron chi connectivity index (χ0n) is 14.7. The van der Waals surface area contributed by atoms with Gasteiger partial charge in [-0.05, 0) is 24.6 Å². The van der Waals surface area contributed by atoms with Crippen molar-refractivity contribution in [3.8, 4) is 5.69 Å². The number of benzene rings is 1. The monoisotopic (exact) mass is 393 g/mol. The van der Waals surface area contributed by atoms with E-state index in [1.165, 1.54) is 17.2 Å². The quantitative estimate of drug-likeness (QED) is 0.537. The van der Waals surface area contributed by atoms with Crippen LogP contribution >= 0.6 is 0 Å². The van der Waals surface area contributed by atoms with Crippen LogP contribution in [0.5, 0.6) is 0 Å². The number of nitrogens with zero attached hydrogens (tertiary/aromatic N) is 4. The van der Waals surface area contributed by atoms with Gasteiger partial charge in [-0.1, -0.05) is 17.3 Å². The van der Waals surface area contributed by atoms with E-state index in [0.717, 1.165) is 17.5 Å². The fraction of sp³-hybridized carbons (Fsp3) is 0.375. The van der Waals surface area contributed by atoms with E-state index in [-0.39, 0.29) is 6.42 Å². The first-order chi connectivity index (χ1) is 12.7. The molecule has 2 unspecified atom stereocenters. The Hall–Kier alpha value is -2.79. The molecule has 11 heteroatoms. The molecule has 2 atom stereocenters. The molecule has 0 saturated carbocycles. The minimum absolute atomic E-state index is 0.138. The highest BCUT2D eigenvalue weighted by atomic mass is 32.2.